The highest BCUT2D eigenvalue weighted by Gasteiger charge is 2.12. The van der Waals surface area contributed by atoms with Crippen LogP contribution in [0.3, 0.4) is 0 Å². The molecule has 0 amide bonds. The normalized spacial score (nSPS) is 10.2. The average Bonchev–Trinajstić information content (AvgIpc) is 2.45. The molecule has 0 fully saturated rings. The predicted octanol–water partition coefficient (Wildman–Crippen LogP) is 3.65. The lowest BCUT2D eigenvalue weighted by molar-refractivity contribution is 0.0498. The van der Waals surface area contributed by atoms with Gasteiger partial charge in [-0.1, -0.05) is 19.8 Å². The molecule has 111 valence electrons. The molecule has 0 N–H and O–H groups in total. The van der Waals surface area contributed by atoms with Crippen molar-refractivity contribution in [2.45, 2.75) is 33.1 Å². The summed E-state index contributed by atoms with van der Waals surface area (Å²) in [6, 6.07) is 5.09. The molecule has 0 aliphatic heterocycles. The number of benzene rings is 1. The summed E-state index contributed by atoms with van der Waals surface area (Å²) in [6.45, 7) is 9.03. The summed E-state index contributed by atoms with van der Waals surface area (Å²) < 4.78 is 16.1. The molecule has 0 bridgehead atoms. The highest BCUT2D eigenvalue weighted by atomic mass is 16.5. The van der Waals surface area contributed by atoms with Gasteiger partial charge in [0.15, 0.2) is 11.5 Å². The van der Waals surface area contributed by atoms with E-state index in [2.05, 4.69) is 6.92 Å². The third-order valence-corrected chi connectivity index (χ3v) is 2.66. The summed E-state index contributed by atoms with van der Waals surface area (Å²) in [6.07, 6.45) is 2.65. The fraction of sp³-hybridized carbons (Fsp3) is 0.500. The molecule has 4 nitrogen and oxygen atoms in total. The van der Waals surface area contributed by atoms with Gasteiger partial charge in [0.1, 0.15) is 0 Å². The van der Waals surface area contributed by atoms with Crippen molar-refractivity contribution in [2.75, 3.05) is 19.8 Å². The Bertz CT molecular complexity index is 415. The molecule has 20 heavy (non-hydrogen) atoms. The van der Waals surface area contributed by atoms with Crippen LogP contribution in [0.15, 0.2) is 18.2 Å². The van der Waals surface area contributed by atoms with Gasteiger partial charge in [0.05, 0.1) is 25.4 Å². The van der Waals surface area contributed by atoms with Crippen molar-refractivity contribution in [3.63, 3.8) is 0 Å². The van der Waals surface area contributed by atoms with Crippen molar-refractivity contribution in [3.05, 3.63) is 30.7 Å². The maximum absolute atomic E-state index is 11.9. The molecular weight excluding hydrogens is 256 g/mol. The maximum atomic E-state index is 11.9. The van der Waals surface area contributed by atoms with Gasteiger partial charge in [-0.2, -0.15) is 0 Å². The van der Waals surface area contributed by atoms with E-state index in [0.29, 0.717) is 36.9 Å². The van der Waals surface area contributed by atoms with E-state index in [-0.39, 0.29) is 5.97 Å². The second kappa shape index (κ2) is 9.23. The van der Waals surface area contributed by atoms with Crippen molar-refractivity contribution in [2.24, 2.45) is 0 Å². The van der Waals surface area contributed by atoms with E-state index in [4.69, 9.17) is 14.2 Å². The molecule has 0 aliphatic rings. The van der Waals surface area contributed by atoms with E-state index in [1.54, 1.807) is 18.2 Å². The van der Waals surface area contributed by atoms with Crippen LogP contribution in [0.4, 0.5) is 0 Å². The Kier molecular flexibility index (Phi) is 7.55. The molecule has 0 heterocycles. The second-order valence-electron chi connectivity index (χ2n) is 4.22. The number of ether oxygens (including phenoxy) is 3. The van der Waals surface area contributed by atoms with Crippen LogP contribution in [0.2, 0.25) is 0 Å². The minimum atomic E-state index is -0.335. The van der Waals surface area contributed by atoms with Crippen LogP contribution >= 0.6 is 0 Å². The Hall–Kier alpha value is -1.71. The van der Waals surface area contributed by atoms with E-state index in [9.17, 15) is 4.79 Å². The average molecular weight is 279 g/mol. The first-order valence-electron chi connectivity index (χ1n) is 7.08. The first kappa shape index (κ1) is 16.3. The first-order chi connectivity index (χ1) is 9.72. The summed E-state index contributed by atoms with van der Waals surface area (Å²) in [5.41, 5.74) is 0.478. The van der Waals surface area contributed by atoms with Crippen molar-refractivity contribution in [1.29, 1.82) is 0 Å². The third kappa shape index (κ3) is 5.11. The number of hydrogen-bond acceptors (Lipinski definition) is 4. The minimum absolute atomic E-state index is 0.335. The highest BCUT2D eigenvalue weighted by molar-refractivity contribution is 5.90. The van der Waals surface area contributed by atoms with Crippen LogP contribution in [0.5, 0.6) is 11.5 Å². The zero-order valence-corrected chi connectivity index (χ0v) is 12.3. The summed E-state index contributed by atoms with van der Waals surface area (Å²) in [5.74, 6) is 0.877. The van der Waals surface area contributed by atoms with E-state index in [1.165, 1.54) is 0 Å². The molecule has 1 radical (unpaired) electrons. The third-order valence-electron chi connectivity index (χ3n) is 2.66. The Morgan fingerprint density at radius 2 is 1.80 bits per heavy atom. The van der Waals surface area contributed by atoms with Gasteiger partial charge < -0.3 is 14.2 Å². The van der Waals surface area contributed by atoms with E-state index < -0.39 is 0 Å². The fourth-order valence-electron chi connectivity index (χ4n) is 1.71. The maximum Gasteiger partial charge on any atom is 0.338 e. The number of esters is 1. The van der Waals surface area contributed by atoms with Crippen molar-refractivity contribution in [1.82, 2.24) is 0 Å². The molecule has 0 aromatic heterocycles. The van der Waals surface area contributed by atoms with Crippen LogP contribution < -0.4 is 9.47 Å². The molecule has 1 aromatic carbocycles. The fourth-order valence-corrected chi connectivity index (χ4v) is 1.71. The quantitative estimate of drug-likeness (QED) is 0.511. The first-order valence-corrected chi connectivity index (χ1v) is 7.08. The SMILES string of the molecule is [CH2]CCCCOC(=O)c1ccc(OCC)c(OCC)c1. The van der Waals surface area contributed by atoms with Crippen LogP contribution in [0.25, 0.3) is 0 Å². The number of unbranched alkanes of at least 4 members (excludes halogenated alkanes) is 2. The molecule has 0 saturated carbocycles. The Morgan fingerprint density at radius 3 is 2.45 bits per heavy atom. The zero-order valence-electron chi connectivity index (χ0n) is 12.3. The molecule has 0 unspecified atom stereocenters. The topological polar surface area (TPSA) is 44.8 Å². The van der Waals surface area contributed by atoms with Gasteiger partial charge in [-0.3, -0.25) is 0 Å². The van der Waals surface area contributed by atoms with Crippen molar-refractivity contribution >= 4 is 5.97 Å². The van der Waals surface area contributed by atoms with Gasteiger partial charge in [-0.15, -0.1) is 0 Å². The van der Waals surface area contributed by atoms with Gasteiger partial charge in [-0.25, -0.2) is 4.79 Å². The van der Waals surface area contributed by atoms with Crippen LogP contribution in [-0.4, -0.2) is 25.8 Å². The molecule has 1 aromatic rings. The zero-order chi connectivity index (χ0) is 14.8. The second-order valence-corrected chi connectivity index (χ2v) is 4.22. The lowest BCUT2D eigenvalue weighted by Gasteiger charge is -2.12. The van der Waals surface area contributed by atoms with Crippen molar-refractivity contribution in [3.8, 4) is 11.5 Å². The number of hydrogen-bond donors (Lipinski definition) is 0. The summed E-state index contributed by atoms with van der Waals surface area (Å²) in [5, 5.41) is 0. The van der Waals surface area contributed by atoms with Gasteiger partial charge in [0.25, 0.3) is 0 Å². The molecule has 1 rings (SSSR count). The number of carbonyl (C=O) groups is 1. The summed E-state index contributed by atoms with van der Waals surface area (Å²) in [7, 11) is 0. The predicted molar refractivity (Wildman–Crippen MR) is 78.3 cm³/mol. The van der Waals surface area contributed by atoms with Gasteiger partial charge >= 0.3 is 5.97 Å². The van der Waals surface area contributed by atoms with Crippen LogP contribution in [-0.2, 0) is 4.74 Å². The molecular formula is C16H23O4. The van der Waals surface area contributed by atoms with Crippen LogP contribution in [0, 0.1) is 6.92 Å². The molecule has 4 heteroatoms. The number of carbonyl (C=O) groups excluding carboxylic acids is 1. The van der Waals surface area contributed by atoms with E-state index in [1.807, 2.05) is 13.8 Å². The molecule has 0 aliphatic carbocycles. The molecule has 0 saturated heterocycles. The number of rotatable bonds is 9. The van der Waals surface area contributed by atoms with E-state index >= 15 is 0 Å². The molecule has 0 atom stereocenters. The van der Waals surface area contributed by atoms with E-state index in [0.717, 1.165) is 19.3 Å². The molecule has 0 spiro atoms. The largest absolute Gasteiger partial charge is 0.490 e. The van der Waals surface area contributed by atoms with Crippen LogP contribution in [0.1, 0.15) is 43.5 Å². The Labute approximate surface area is 121 Å². The standard InChI is InChI=1S/C16H23O4/c1-4-7-8-11-20-16(17)13-9-10-14(18-5-2)15(12-13)19-6-3/h9-10,12H,1,4-8,11H2,2-3H3. The summed E-state index contributed by atoms with van der Waals surface area (Å²) in [4.78, 5) is 11.9. The monoisotopic (exact) mass is 279 g/mol. The highest BCUT2D eigenvalue weighted by Crippen LogP contribution is 2.28. The van der Waals surface area contributed by atoms with Gasteiger partial charge in [-0.05, 0) is 38.5 Å². The lowest BCUT2D eigenvalue weighted by Crippen LogP contribution is -2.07. The Morgan fingerprint density at radius 1 is 1.10 bits per heavy atom. The minimum Gasteiger partial charge on any atom is -0.490 e. The van der Waals surface area contributed by atoms with Gasteiger partial charge in [0, 0.05) is 0 Å². The van der Waals surface area contributed by atoms with Gasteiger partial charge in [0.2, 0.25) is 0 Å². The summed E-state index contributed by atoms with van der Waals surface area (Å²) >= 11 is 0. The smallest absolute Gasteiger partial charge is 0.338 e. The van der Waals surface area contributed by atoms with Crippen molar-refractivity contribution < 1.29 is 19.0 Å². The lowest BCUT2D eigenvalue weighted by atomic mass is 10.2. The Balaban J connectivity index is 2.69.